The summed E-state index contributed by atoms with van der Waals surface area (Å²) in [5, 5.41) is -1.04. The predicted octanol–water partition coefficient (Wildman–Crippen LogP) is 2.66. The highest BCUT2D eigenvalue weighted by Crippen LogP contribution is 2.39. The molecule has 1 fully saturated rings. The fourth-order valence-electron chi connectivity index (χ4n) is 3.25. The van der Waals surface area contributed by atoms with E-state index >= 15 is 0 Å². The molecule has 0 aliphatic carbocycles. The Morgan fingerprint density at radius 3 is 2.30 bits per heavy atom. The van der Waals surface area contributed by atoms with Crippen molar-refractivity contribution in [3.63, 3.8) is 0 Å². The Bertz CT molecular complexity index is 1110. The summed E-state index contributed by atoms with van der Waals surface area (Å²) in [7, 11) is -2.02. The van der Waals surface area contributed by atoms with Gasteiger partial charge in [-0.1, -0.05) is 55.1 Å². The zero-order valence-corrected chi connectivity index (χ0v) is 20.1. The van der Waals surface area contributed by atoms with Crippen molar-refractivity contribution in [3.05, 3.63) is 78.4 Å². The van der Waals surface area contributed by atoms with Gasteiger partial charge in [0.2, 0.25) is 21.1 Å². The molecule has 33 heavy (non-hydrogen) atoms. The number of ether oxygens (including phenoxy) is 2. The third kappa shape index (κ3) is 5.42. The highest BCUT2D eigenvalue weighted by Gasteiger charge is 2.54. The first-order valence-corrected chi connectivity index (χ1v) is 13.2. The maximum Gasteiger partial charge on any atom is 0.335 e. The number of hydrogen-bond donors (Lipinski definition) is 1. The third-order valence-electron chi connectivity index (χ3n) is 4.95. The number of nitrogens with two attached hydrogens (primary N) is 1. The molecule has 3 rings (SSSR count). The molecule has 0 bridgehead atoms. The lowest BCUT2D eigenvalue weighted by atomic mass is 10.00. The van der Waals surface area contributed by atoms with Crippen LogP contribution in [0.3, 0.4) is 0 Å². The lowest BCUT2D eigenvalue weighted by Crippen LogP contribution is -2.71. The number of benzene rings is 2. The number of carbonyl (C=O) groups is 2. The van der Waals surface area contributed by atoms with Gasteiger partial charge in [-0.3, -0.25) is 4.79 Å². The number of β-lactam (4-membered cyclic amide) rings is 1. The number of halogens is 1. The standard InChI is InChI=1S/C22H23ClN2O6S2/c1-14(13-23)18(21(27)31-22(30-2)15-9-5-3-6-10-15)25-19(26)17(24)20(25)32-33(28,29)16-11-7-4-8-12-16/h3-12,17-18,20,22H,1,13,24H2,2H3. The van der Waals surface area contributed by atoms with Gasteiger partial charge in [-0.15, -0.1) is 11.6 Å². The number of esters is 1. The van der Waals surface area contributed by atoms with Crippen molar-refractivity contribution in [2.45, 2.75) is 28.6 Å². The summed E-state index contributed by atoms with van der Waals surface area (Å²) in [5.74, 6) is -1.64. The molecule has 1 heterocycles. The summed E-state index contributed by atoms with van der Waals surface area (Å²) < 4.78 is 36.5. The Morgan fingerprint density at radius 1 is 1.18 bits per heavy atom. The Morgan fingerprint density at radius 2 is 1.76 bits per heavy atom. The van der Waals surface area contributed by atoms with Gasteiger partial charge in [0.15, 0.2) is 6.04 Å². The van der Waals surface area contributed by atoms with Crippen LogP contribution in [0, 0.1) is 0 Å². The minimum Gasteiger partial charge on any atom is -0.429 e. The summed E-state index contributed by atoms with van der Waals surface area (Å²) in [4.78, 5) is 26.9. The molecule has 11 heteroatoms. The molecule has 1 amide bonds. The topological polar surface area (TPSA) is 116 Å². The number of likely N-dealkylation sites (tertiary alicyclic amines) is 1. The number of alkyl halides is 1. The van der Waals surface area contributed by atoms with Crippen molar-refractivity contribution in [3.8, 4) is 0 Å². The molecule has 2 aromatic carbocycles. The summed E-state index contributed by atoms with van der Waals surface area (Å²) in [6.45, 7) is 3.78. The van der Waals surface area contributed by atoms with Crippen molar-refractivity contribution in [1.29, 1.82) is 0 Å². The maximum absolute atomic E-state index is 13.1. The molecule has 1 aliphatic heterocycles. The normalized spacial score (nSPS) is 20.0. The molecule has 8 nitrogen and oxygen atoms in total. The van der Waals surface area contributed by atoms with Crippen molar-refractivity contribution in [1.82, 2.24) is 4.90 Å². The largest absolute Gasteiger partial charge is 0.429 e. The van der Waals surface area contributed by atoms with Crippen molar-refractivity contribution in [2.24, 2.45) is 5.73 Å². The van der Waals surface area contributed by atoms with Gasteiger partial charge in [-0.25, -0.2) is 13.2 Å². The summed E-state index contributed by atoms with van der Waals surface area (Å²) >= 11 is 5.93. The molecule has 1 saturated heterocycles. The molecule has 2 N–H and O–H groups in total. The Hall–Kier alpha value is -2.37. The summed E-state index contributed by atoms with van der Waals surface area (Å²) in [6, 6.07) is 14.0. The van der Waals surface area contributed by atoms with E-state index in [1.165, 1.54) is 19.2 Å². The fourth-order valence-corrected chi connectivity index (χ4v) is 6.89. The Labute approximate surface area is 201 Å². The molecule has 0 saturated carbocycles. The van der Waals surface area contributed by atoms with E-state index in [-0.39, 0.29) is 16.3 Å². The van der Waals surface area contributed by atoms with Crippen LogP contribution in [0.25, 0.3) is 0 Å². The van der Waals surface area contributed by atoms with Gasteiger partial charge in [-0.2, -0.15) is 0 Å². The first-order valence-electron chi connectivity index (χ1n) is 9.79. The minimum atomic E-state index is -3.87. The molecule has 2 aromatic rings. The van der Waals surface area contributed by atoms with Crippen LogP contribution in [-0.2, 0) is 27.9 Å². The van der Waals surface area contributed by atoms with Crippen LogP contribution in [0.15, 0.2) is 77.7 Å². The van der Waals surface area contributed by atoms with E-state index in [1.54, 1.807) is 48.5 Å². The van der Waals surface area contributed by atoms with E-state index in [0.717, 1.165) is 4.90 Å². The van der Waals surface area contributed by atoms with Gasteiger partial charge in [0.1, 0.15) is 11.4 Å². The van der Waals surface area contributed by atoms with Crippen LogP contribution < -0.4 is 5.73 Å². The lowest BCUT2D eigenvalue weighted by molar-refractivity contribution is -0.184. The summed E-state index contributed by atoms with van der Waals surface area (Å²) in [6.07, 6.45) is -1.05. The van der Waals surface area contributed by atoms with E-state index in [2.05, 4.69) is 6.58 Å². The highest BCUT2D eigenvalue weighted by atomic mass is 35.5. The van der Waals surface area contributed by atoms with Crippen molar-refractivity contribution in [2.75, 3.05) is 13.0 Å². The predicted molar refractivity (Wildman–Crippen MR) is 126 cm³/mol. The smallest absolute Gasteiger partial charge is 0.335 e. The second-order valence-corrected chi connectivity index (χ2v) is 11.4. The van der Waals surface area contributed by atoms with Crippen molar-refractivity contribution < 1.29 is 27.5 Å². The molecule has 0 aromatic heterocycles. The fraction of sp³-hybridized carbons (Fsp3) is 0.273. The van der Waals surface area contributed by atoms with Crippen molar-refractivity contribution >= 4 is 43.1 Å². The summed E-state index contributed by atoms with van der Waals surface area (Å²) in [5.41, 5.74) is 6.66. The molecule has 4 atom stereocenters. The SMILES string of the molecule is C=C(CCl)C(C(=O)OC(OC)c1ccccc1)N1C(=O)C(N)C1SS(=O)(=O)c1ccccc1. The maximum atomic E-state index is 13.1. The molecule has 0 spiro atoms. The van der Waals surface area contributed by atoms with E-state index < -0.39 is 44.5 Å². The number of nitrogens with zero attached hydrogens (tertiary/aromatic N) is 1. The van der Waals surface area contributed by atoms with E-state index in [9.17, 15) is 18.0 Å². The minimum absolute atomic E-state index is 0.0559. The van der Waals surface area contributed by atoms with Gasteiger partial charge in [0, 0.05) is 29.3 Å². The average Bonchev–Trinajstić information content (AvgIpc) is 2.84. The van der Waals surface area contributed by atoms with Crippen LogP contribution in [-0.4, -0.2) is 55.6 Å². The quantitative estimate of drug-likeness (QED) is 0.129. The van der Waals surface area contributed by atoms with Crippen LogP contribution in [0.5, 0.6) is 0 Å². The number of carbonyl (C=O) groups excluding carboxylic acids is 2. The zero-order valence-electron chi connectivity index (χ0n) is 17.7. The van der Waals surface area contributed by atoms with E-state index in [1.807, 2.05) is 0 Å². The van der Waals surface area contributed by atoms with Gasteiger partial charge >= 0.3 is 5.97 Å². The number of amides is 1. The first kappa shape index (κ1) is 25.3. The molecule has 0 radical (unpaired) electrons. The second-order valence-electron chi connectivity index (χ2n) is 7.13. The Kier molecular flexibility index (Phi) is 8.19. The molecule has 1 aliphatic rings. The van der Waals surface area contributed by atoms with Crippen LogP contribution in [0.4, 0.5) is 0 Å². The van der Waals surface area contributed by atoms with Crippen LogP contribution >= 0.6 is 22.4 Å². The average molecular weight is 511 g/mol. The number of rotatable bonds is 10. The van der Waals surface area contributed by atoms with Gasteiger partial charge in [0.25, 0.3) is 0 Å². The second kappa shape index (κ2) is 10.7. The zero-order chi connectivity index (χ0) is 24.2. The number of hydrogen-bond acceptors (Lipinski definition) is 8. The van der Waals surface area contributed by atoms with Gasteiger partial charge in [-0.05, 0) is 17.7 Å². The lowest BCUT2D eigenvalue weighted by Gasteiger charge is -2.47. The highest BCUT2D eigenvalue weighted by molar-refractivity contribution is 8.72. The van der Waals surface area contributed by atoms with E-state index in [0.29, 0.717) is 16.4 Å². The number of methoxy groups -OCH3 is 1. The van der Waals surface area contributed by atoms with Crippen LogP contribution in [0.1, 0.15) is 11.9 Å². The Balaban J connectivity index is 1.86. The van der Waals surface area contributed by atoms with Crippen LogP contribution in [0.2, 0.25) is 0 Å². The third-order valence-corrected chi connectivity index (χ3v) is 9.04. The van der Waals surface area contributed by atoms with E-state index in [4.69, 9.17) is 26.8 Å². The molecule has 176 valence electrons. The first-order chi connectivity index (χ1) is 15.7. The molecular weight excluding hydrogens is 488 g/mol. The monoisotopic (exact) mass is 510 g/mol. The molecular formula is C22H23ClN2O6S2. The van der Waals surface area contributed by atoms with Gasteiger partial charge in [0.05, 0.1) is 4.90 Å². The van der Waals surface area contributed by atoms with Gasteiger partial charge < -0.3 is 20.1 Å². The molecule has 4 unspecified atom stereocenters.